The van der Waals surface area contributed by atoms with Gasteiger partial charge in [-0.3, -0.25) is 4.98 Å². The summed E-state index contributed by atoms with van der Waals surface area (Å²) in [5.74, 6) is 0.629. The third kappa shape index (κ3) is 4.30. The molecule has 0 N–H and O–H groups in total. The van der Waals surface area contributed by atoms with Crippen LogP contribution in [0.4, 0.5) is 0 Å². The van der Waals surface area contributed by atoms with Crippen LogP contribution in [0.15, 0.2) is 72.4 Å². The molecule has 0 amide bonds. The van der Waals surface area contributed by atoms with Crippen molar-refractivity contribution < 1.29 is 0 Å². The Balaban J connectivity index is 1.61. The van der Waals surface area contributed by atoms with Crippen molar-refractivity contribution in [2.75, 3.05) is 0 Å². The predicted molar refractivity (Wildman–Crippen MR) is 143 cm³/mol. The van der Waals surface area contributed by atoms with Crippen LogP contribution in [0.2, 0.25) is 0 Å². The monoisotopic (exact) mass is 450 g/mol. The van der Waals surface area contributed by atoms with E-state index in [4.69, 9.17) is 9.97 Å². The fourth-order valence-corrected chi connectivity index (χ4v) is 5.48. The van der Waals surface area contributed by atoms with Gasteiger partial charge < -0.3 is 0 Å². The molecule has 0 aliphatic rings. The van der Waals surface area contributed by atoms with Crippen molar-refractivity contribution in [3.05, 3.63) is 83.5 Å². The van der Waals surface area contributed by atoms with Gasteiger partial charge in [-0.2, -0.15) is 0 Å². The minimum atomic E-state index is 0.0495. The summed E-state index contributed by atoms with van der Waals surface area (Å²) in [5, 5.41) is 6.12. The van der Waals surface area contributed by atoms with E-state index in [1.54, 1.807) is 11.3 Å². The van der Waals surface area contributed by atoms with E-state index in [-0.39, 0.29) is 5.41 Å². The molecule has 2 nitrogen and oxygen atoms in total. The molecule has 33 heavy (non-hydrogen) atoms. The van der Waals surface area contributed by atoms with Gasteiger partial charge in [0, 0.05) is 28.9 Å². The van der Waals surface area contributed by atoms with Crippen LogP contribution in [0.5, 0.6) is 0 Å². The lowest BCUT2D eigenvalue weighted by Crippen LogP contribution is -2.12. The van der Waals surface area contributed by atoms with Gasteiger partial charge >= 0.3 is 0 Å². The Kier molecular flexibility index (Phi) is 5.54. The first-order valence-electron chi connectivity index (χ1n) is 11.7. The zero-order chi connectivity index (χ0) is 23.2. The van der Waals surface area contributed by atoms with Gasteiger partial charge in [-0.05, 0) is 80.9 Å². The molecule has 0 aliphatic heterocycles. The molecule has 166 valence electrons. The Morgan fingerprint density at radius 1 is 0.848 bits per heavy atom. The number of fused-ring (bicyclic) bond motifs is 2. The molecule has 0 unspecified atom stereocenters. The van der Waals surface area contributed by atoms with Crippen molar-refractivity contribution in [1.82, 2.24) is 9.97 Å². The number of hydrogen-bond donors (Lipinski definition) is 0. The van der Waals surface area contributed by atoms with Gasteiger partial charge in [-0.25, -0.2) is 4.98 Å². The number of aromatic nitrogens is 2. The zero-order valence-corrected chi connectivity index (χ0v) is 20.8. The minimum Gasteiger partial charge on any atom is -0.256 e. The van der Waals surface area contributed by atoms with E-state index in [1.165, 1.54) is 27.3 Å². The fourth-order valence-electron chi connectivity index (χ4n) is 4.57. The predicted octanol–water partition coefficient (Wildman–Crippen LogP) is 8.67. The number of pyridine rings is 2. The van der Waals surface area contributed by atoms with Crippen molar-refractivity contribution in [1.29, 1.82) is 0 Å². The lowest BCUT2D eigenvalue weighted by atomic mass is 9.82. The average Bonchev–Trinajstić information content (AvgIpc) is 3.19. The van der Waals surface area contributed by atoms with Crippen molar-refractivity contribution >= 4 is 32.3 Å². The van der Waals surface area contributed by atoms with Crippen LogP contribution >= 0.6 is 11.3 Å². The summed E-state index contributed by atoms with van der Waals surface area (Å²) in [6.07, 6.45) is 5.00. The van der Waals surface area contributed by atoms with E-state index < -0.39 is 0 Å². The Bertz CT molecular complexity index is 1450. The summed E-state index contributed by atoms with van der Waals surface area (Å²) < 4.78 is 0. The molecule has 0 aliphatic carbocycles. The van der Waals surface area contributed by atoms with Crippen LogP contribution in [0.3, 0.4) is 0 Å². The van der Waals surface area contributed by atoms with Crippen molar-refractivity contribution in [3.63, 3.8) is 0 Å². The Morgan fingerprint density at radius 2 is 1.67 bits per heavy atom. The minimum absolute atomic E-state index is 0.0495. The molecular formula is C30H30N2S. The van der Waals surface area contributed by atoms with E-state index >= 15 is 0 Å². The standard InChI is InChI=1S/C30H30N2S/c1-19(2)12-24-18-33-29-26(24)14-23(17-32-29)20-10-11-31-28(16-20)22-13-21-8-6-7-9-25(21)27(15-22)30(3,4)5/h6-11,13-19H,12H2,1-5H3. The highest BCUT2D eigenvalue weighted by Crippen LogP contribution is 2.36. The van der Waals surface area contributed by atoms with E-state index in [9.17, 15) is 0 Å². The highest BCUT2D eigenvalue weighted by Gasteiger charge is 2.19. The number of hydrogen-bond acceptors (Lipinski definition) is 3. The van der Waals surface area contributed by atoms with Crippen LogP contribution in [0.1, 0.15) is 45.7 Å². The number of rotatable bonds is 4. The molecule has 0 atom stereocenters. The average molecular weight is 451 g/mol. The molecule has 0 saturated heterocycles. The van der Waals surface area contributed by atoms with Crippen molar-refractivity contribution in [2.45, 2.75) is 46.5 Å². The first-order chi connectivity index (χ1) is 15.8. The van der Waals surface area contributed by atoms with Gasteiger partial charge in [0.05, 0.1) is 5.69 Å². The number of benzene rings is 2. The summed E-state index contributed by atoms with van der Waals surface area (Å²) in [6.45, 7) is 11.4. The zero-order valence-electron chi connectivity index (χ0n) is 20.0. The second-order valence-electron chi connectivity index (χ2n) is 10.4. The molecule has 0 fully saturated rings. The molecule has 3 heterocycles. The summed E-state index contributed by atoms with van der Waals surface area (Å²) in [5.41, 5.74) is 7.25. The van der Waals surface area contributed by atoms with Crippen molar-refractivity contribution in [3.8, 4) is 22.4 Å². The van der Waals surface area contributed by atoms with Crippen LogP contribution in [-0.4, -0.2) is 9.97 Å². The van der Waals surface area contributed by atoms with E-state index in [2.05, 4.69) is 94.6 Å². The highest BCUT2D eigenvalue weighted by molar-refractivity contribution is 7.16. The lowest BCUT2D eigenvalue weighted by molar-refractivity contribution is 0.596. The molecule has 0 spiro atoms. The lowest BCUT2D eigenvalue weighted by Gasteiger charge is -2.22. The topological polar surface area (TPSA) is 25.8 Å². The highest BCUT2D eigenvalue weighted by atomic mass is 32.1. The Morgan fingerprint density at radius 3 is 2.45 bits per heavy atom. The van der Waals surface area contributed by atoms with Crippen LogP contribution in [0, 0.1) is 5.92 Å². The van der Waals surface area contributed by atoms with E-state index in [0.717, 1.165) is 33.6 Å². The maximum Gasteiger partial charge on any atom is 0.123 e. The first-order valence-corrected chi connectivity index (χ1v) is 12.5. The second kappa shape index (κ2) is 8.39. The van der Waals surface area contributed by atoms with Gasteiger partial charge in [0.1, 0.15) is 4.83 Å². The summed E-state index contributed by atoms with van der Waals surface area (Å²) in [4.78, 5) is 10.6. The van der Waals surface area contributed by atoms with Crippen LogP contribution in [0.25, 0.3) is 43.4 Å². The maximum atomic E-state index is 4.77. The largest absolute Gasteiger partial charge is 0.256 e. The van der Waals surface area contributed by atoms with Crippen molar-refractivity contribution in [2.24, 2.45) is 5.92 Å². The quantitative estimate of drug-likeness (QED) is 0.274. The van der Waals surface area contributed by atoms with E-state index in [0.29, 0.717) is 5.92 Å². The number of thiophene rings is 1. The molecule has 5 aromatic rings. The SMILES string of the molecule is CC(C)Cc1csc2ncc(-c3ccnc(-c4cc(C(C)(C)C)c5ccccc5c4)c3)cc12. The third-order valence-corrected chi connectivity index (χ3v) is 7.15. The molecule has 2 aromatic carbocycles. The molecule has 3 heteroatoms. The molecule has 5 rings (SSSR count). The molecule has 0 saturated carbocycles. The van der Waals surface area contributed by atoms with Gasteiger partial charge in [0.25, 0.3) is 0 Å². The van der Waals surface area contributed by atoms with Gasteiger partial charge in [0.15, 0.2) is 0 Å². The molecule has 0 radical (unpaired) electrons. The Labute approximate surface area is 200 Å². The summed E-state index contributed by atoms with van der Waals surface area (Å²) >= 11 is 1.74. The van der Waals surface area contributed by atoms with Gasteiger partial charge in [-0.1, -0.05) is 58.9 Å². The molecular weight excluding hydrogens is 420 g/mol. The van der Waals surface area contributed by atoms with E-state index in [1.807, 2.05) is 12.4 Å². The smallest absolute Gasteiger partial charge is 0.123 e. The van der Waals surface area contributed by atoms with Crippen LogP contribution in [-0.2, 0) is 11.8 Å². The second-order valence-corrected chi connectivity index (χ2v) is 11.2. The normalized spacial score (nSPS) is 12.2. The summed E-state index contributed by atoms with van der Waals surface area (Å²) in [6, 6.07) is 19.8. The fraction of sp³-hybridized carbons (Fsp3) is 0.267. The maximum absolute atomic E-state index is 4.77. The van der Waals surface area contributed by atoms with Crippen LogP contribution < -0.4 is 0 Å². The molecule has 0 bridgehead atoms. The van der Waals surface area contributed by atoms with Gasteiger partial charge in [0.2, 0.25) is 0 Å². The first kappa shape index (κ1) is 21.8. The van der Waals surface area contributed by atoms with Gasteiger partial charge in [-0.15, -0.1) is 11.3 Å². The Hall–Kier alpha value is -3.04. The molecule has 3 aromatic heterocycles. The third-order valence-electron chi connectivity index (χ3n) is 6.20. The summed E-state index contributed by atoms with van der Waals surface area (Å²) in [7, 11) is 0. The number of nitrogens with zero attached hydrogens (tertiary/aromatic N) is 2.